The van der Waals surface area contributed by atoms with Crippen molar-refractivity contribution in [3.05, 3.63) is 22.9 Å². The summed E-state index contributed by atoms with van der Waals surface area (Å²) < 4.78 is 10.9. The van der Waals surface area contributed by atoms with Crippen LogP contribution in [0.25, 0.3) is 0 Å². The molecule has 1 aromatic rings. The maximum Gasteiger partial charge on any atom is 0.174 e. The van der Waals surface area contributed by atoms with E-state index in [1.54, 1.807) is 14.2 Å². The Balaban J connectivity index is 2.44. The molecule has 0 bridgehead atoms. The number of methoxy groups -OCH3 is 2. The van der Waals surface area contributed by atoms with Gasteiger partial charge in [0.2, 0.25) is 0 Å². The Morgan fingerprint density at radius 1 is 1.33 bits per heavy atom. The second-order valence-corrected chi connectivity index (χ2v) is 5.22. The predicted molar refractivity (Wildman–Crippen MR) is 80.0 cm³/mol. The lowest BCUT2D eigenvalue weighted by Gasteiger charge is -2.22. The van der Waals surface area contributed by atoms with Crippen LogP contribution < -0.4 is 10.6 Å². The molecule has 21 heavy (non-hydrogen) atoms. The lowest BCUT2D eigenvalue weighted by atomic mass is 10.1. The minimum atomic E-state index is -0.0299. The van der Waals surface area contributed by atoms with Crippen LogP contribution in [0.3, 0.4) is 0 Å². The molecule has 0 saturated carbocycles. The Morgan fingerprint density at radius 2 is 1.90 bits per heavy atom. The number of ether oxygens (including phenoxy) is 2. The molecule has 2 unspecified atom stereocenters. The maximum atomic E-state index is 9.01. The number of pyridine rings is 1. The first-order valence-corrected chi connectivity index (χ1v) is 6.78. The van der Waals surface area contributed by atoms with E-state index in [9.17, 15) is 0 Å². The SMILES string of the molecule is COC1CN(c2nc(C)cc(C)c2/C(N)=N/O)CC1OC. The first kappa shape index (κ1) is 15.5. The highest BCUT2D eigenvalue weighted by Crippen LogP contribution is 2.27. The third-order valence-corrected chi connectivity index (χ3v) is 3.81. The van der Waals surface area contributed by atoms with Gasteiger partial charge in [-0.25, -0.2) is 4.98 Å². The van der Waals surface area contributed by atoms with Crippen molar-refractivity contribution in [2.24, 2.45) is 10.9 Å². The Kier molecular flexibility index (Phi) is 4.64. The van der Waals surface area contributed by atoms with Gasteiger partial charge in [-0.15, -0.1) is 0 Å². The number of amidine groups is 1. The summed E-state index contributed by atoms with van der Waals surface area (Å²) in [6, 6.07) is 1.91. The van der Waals surface area contributed by atoms with Crippen LogP contribution in [0, 0.1) is 13.8 Å². The Hall–Kier alpha value is -1.86. The molecule has 0 spiro atoms. The van der Waals surface area contributed by atoms with E-state index in [2.05, 4.69) is 15.0 Å². The summed E-state index contributed by atoms with van der Waals surface area (Å²) >= 11 is 0. The second-order valence-electron chi connectivity index (χ2n) is 5.22. The number of nitrogens with two attached hydrogens (primary N) is 1. The molecule has 0 aromatic carbocycles. The van der Waals surface area contributed by atoms with Crippen molar-refractivity contribution in [3.8, 4) is 0 Å². The fraction of sp³-hybridized carbons (Fsp3) is 0.571. The van der Waals surface area contributed by atoms with Gasteiger partial charge in [0.1, 0.15) is 18.0 Å². The highest BCUT2D eigenvalue weighted by Gasteiger charge is 2.35. The van der Waals surface area contributed by atoms with Crippen LogP contribution in [-0.2, 0) is 9.47 Å². The van der Waals surface area contributed by atoms with Crippen LogP contribution in [0.4, 0.5) is 5.82 Å². The smallest absolute Gasteiger partial charge is 0.174 e. The molecule has 1 saturated heterocycles. The van der Waals surface area contributed by atoms with Crippen molar-refractivity contribution in [2.45, 2.75) is 26.1 Å². The zero-order chi connectivity index (χ0) is 15.6. The number of oxime groups is 1. The zero-order valence-corrected chi connectivity index (χ0v) is 12.8. The fourth-order valence-corrected chi connectivity index (χ4v) is 2.78. The monoisotopic (exact) mass is 294 g/mol. The summed E-state index contributed by atoms with van der Waals surface area (Å²) in [6.07, 6.45) is -0.0597. The largest absolute Gasteiger partial charge is 0.409 e. The third-order valence-electron chi connectivity index (χ3n) is 3.81. The third kappa shape index (κ3) is 2.93. The normalized spacial score (nSPS) is 22.9. The quantitative estimate of drug-likeness (QED) is 0.366. The topological polar surface area (TPSA) is 93.2 Å². The minimum Gasteiger partial charge on any atom is -0.409 e. The Labute approximate surface area is 124 Å². The molecule has 7 heteroatoms. The van der Waals surface area contributed by atoms with E-state index in [1.165, 1.54) is 0 Å². The van der Waals surface area contributed by atoms with Gasteiger partial charge in [-0.05, 0) is 25.5 Å². The summed E-state index contributed by atoms with van der Waals surface area (Å²) in [7, 11) is 3.33. The number of hydrogen-bond acceptors (Lipinski definition) is 6. The van der Waals surface area contributed by atoms with E-state index in [4.69, 9.17) is 20.4 Å². The van der Waals surface area contributed by atoms with E-state index >= 15 is 0 Å². The Morgan fingerprint density at radius 3 is 2.38 bits per heavy atom. The van der Waals surface area contributed by atoms with Gasteiger partial charge in [-0.3, -0.25) is 0 Å². The molecule has 1 aliphatic heterocycles. The van der Waals surface area contributed by atoms with Gasteiger partial charge in [-0.1, -0.05) is 5.16 Å². The lowest BCUT2D eigenvalue weighted by Crippen LogP contribution is -2.28. The van der Waals surface area contributed by atoms with Crippen molar-refractivity contribution in [1.82, 2.24) is 4.98 Å². The summed E-state index contributed by atoms with van der Waals surface area (Å²) in [4.78, 5) is 6.62. The number of aromatic nitrogens is 1. The summed E-state index contributed by atoms with van der Waals surface area (Å²) in [5.74, 6) is 0.759. The lowest BCUT2D eigenvalue weighted by molar-refractivity contribution is -0.00461. The molecule has 0 aliphatic carbocycles. The van der Waals surface area contributed by atoms with Gasteiger partial charge in [0.05, 0.1) is 5.56 Å². The van der Waals surface area contributed by atoms with E-state index in [1.807, 2.05) is 19.9 Å². The number of hydrogen-bond donors (Lipinski definition) is 2. The average Bonchev–Trinajstić information content (AvgIpc) is 2.88. The first-order valence-electron chi connectivity index (χ1n) is 6.78. The minimum absolute atomic E-state index is 0.0299. The number of nitrogens with zero attached hydrogens (tertiary/aromatic N) is 3. The zero-order valence-electron chi connectivity index (χ0n) is 12.8. The van der Waals surface area contributed by atoms with Crippen LogP contribution >= 0.6 is 0 Å². The highest BCUT2D eigenvalue weighted by molar-refractivity contribution is 6.02. The van der Waals surface area contributed by atoms with Crippen LogP contribution in [0.5, 0.6) is 0 Å². The average molecular weight is 294 g/mol. The van der Waals surface area contributed by atoms with E-state index in [0.717, 1.165) is 11.3 Å². The molecular formula is C14H22N4O3. The van der Waals surface area contributed by atoms with Crippen molar-refractivity contribution >= 4 is 11.7 Å². The van der Waals surface area contributed by atoms with Gasteiger partial charge in [0, 0.05) is 33.0 Å². The molecule has 0 amide bonds. The Bertz CT molecular complexity index is 535. The van der Waals surface area contributed by atoms with E-state index < -0.39 is 0 Å². The van der Waals surface area contributed by atoms with Gasteiger partial charge in [0.15, 0.2) is 5.84 Å². The van der Waals surface area contributed by atoms with Crippen molar-refractivity contribution in [2.75, 3.05) is 32.2 Å². The van der Waals surface area contributed by atoms with Crippen molar-refractivity contribution in [3.63, 3.8) is 0 Å². The maximum absolute atomic E-state index is 9.01. The first-order chi connectivity index (χ1) is 10.0. The molecule has 1 fully saturated rings. The standard InChI is InChI=1S/C14H22N4O3/c1-8-5-9(2)16-14(12(8)13(15)17-19)18-6-10(20-3)11(7-18)21-4/h5,10-11,19H,6-7H2,1-4H3,(H2,15,17). The summed E-state index contributed by atoms with van der Waals surface area (Å²) in [6.45, 7) is 5.14. The van der Waals surface area contributed by atoms with Gasteiger partial charge < -0.3 is 25.3 Å². The molecule has 2 rings (SSSR count). The fourth-order valence-electron chi connectivity index (χ4n) is 2.78. The van der Waals surface area contributed by atoms with Crippen molar-refractivity contribution < 1.29 is 14.7 Å². The van der Waals surface area contributed by atoms with Crippen molar-refractivity contribution in [1.29, 1.82) is 0 Å². The molecule has 2 atom stereocenters. The number of anilines is 1. The van der Waals surface area contributed by atoms with Gasteiger partial charge in [0.25, 0.3) is 0 Å². The molecular weight excluding hydrogens is 272 g/mol. The van der Waals surface area contributed by atoms with E-state index in [-0.39, 0.29) is 18.0 Å². The highest BCUT2D eigenvalue weighted by atomic mass is 16.5. The summed E-state index contributed by atoms with van der Waals surface area (Å²) in [5, 5.41) is 12.1. The van der Waals surface area contributed by atoms with Crippen LogP contribution in [0.2, 0.25) is 0 Å². The predicted octanol–water partition coefficient (Wildman–Crippen LogP) is 0.643. The molecule has 2 heterocycles. The number of aryl methyl sites for hydroxylation is 2. The van der Waals surface area contributed by atoms with Crippen LogP contribution in [0.15, 0.2) is 11.2 Å². The van der Waals surface area contributed by atoms with Crippen LogP contribution in [-0.4, -0.2) is 55.5 Å². The van der Waals surface area contributed by atoms with Gasteiger partial charge >= 0.3 is 0 Å². The molecule has 1 aliphatic rings. The summed E-state index contributed by atoms with van der Waals surface area (Å²) in [5.41, 5.74) is 8.27. The molecule has 3 N–H and O–H groups in total. The molecule has 1 aromatic heterocycles. The molecule has 116 valence electrons. The van der Waals surface area contributed by atoms with Crippen LogP contribution in [0.1, 0.15) is 16.8 Å². The molecule has 0 radical (unpaired) electrons. The molecule has 7 nitrogen and oxygen atoms in total. The van der Waals surface area contributed by atoms with Gasteiger partial charge in [-0.2, -0.15) is 0 Å². The number of rotatable bonds is 4. The second kappa shape index (κ2) is 6.28. The van der Waals surface area contributed by atoms with E-state index in [0.29, 0.717) is 24.5 Å².